The van der Waals surface area contributed by atoms with E-state index in [0.29, 0.717) is 17.5 Å². The largest absolute Gasteiger partial charge is 0.478 e. The topological polar surface area (TPSA) is 52.6 Å². The summed E-state index contributed by atoms with van der Waals surface area (Å²) in [4.78, 5) is 13.2. The lowest BCUT2D eigenvalue weighted by molar-refractivity contribution is 0.0697. The van der Waals surface area contributed by atoms with Crippen LogP contribution in [0.4, 0.5) is 0 Å². The predicted octanol–water partition coefficient (Wildman–Crippen LogP) is 1.81. The van der Waals surface area contributed by atoms with Gasteiger partial charge in [-0.2, -0.15) is 0 Å². The molecule has 0 spiro atoms. The molecule has 1 aliphatic heterocycles. The van der Waals surface area contributed by atoms with E-state index >= 15 is 0 Å². The Labute approximate surface area is 114 Å². The Bertz CT molecular complexity index is 428. The molecule has 1 aromatic rings. The normalized spacial score (nSPS) is 20.7. The molecular weight excluding hydrogens is 240 g/mol. The van der Waals surface area contributed by atoms with Crippen molar-refractivity contribution in [2.24, 2.45) is 5.92 Å². The Morgan fingerprint density at radius 2 is 2.11 bits per heavy atom. The van der Waals surface area contributed by atoms with Gasteiger partial charge in [-0.1, -0.05) is 26.0 Å². The van der Waals surface area contributed by atoms with Gasteiger partial charge in [0.1, 0.15) is 0 Å². The Kier molecular flexibility index (Phi) is 4.56. The summed E-state index contributed by atoms with van der Waals surface area (Å²) in [6.45, 7) is 8.49. The van der Waals surface area contributed by atoms with E-state index in [1.54, 1.807) is 12.1 Å². The number of carboxylic acids is 1. The van der Waals surface area contributed by atoms with Gasteiger partial charge < -0.3 is 10.4 Å². The number of nitrogens with zero attached hydrogens (tertiary/aromatic N) is 1. The minimum absolute atomic E-state index is 0.351. The Balaban J connectivity index is 1.95. The molecule has 0 bridgehead atoms. The molecule has 0 aliphatic carbocycles. The van der Waals surface area contributed by atoms with Crippen LogP contribution in [0, 0.1) is 5.92 Å². The molecule has 1 heterocycles. The number of hydrogen-bond acceptors (Lipinski definition) is 3. The van der Waals surface area contributed by atoms with Gasteiger partial charge in [0, 0.05) is 32.2 Å². The molecule has 4 heteroatoms. The summed E-state index contributed by atoms with van der Waals surface area (Å²) in [6, 6.07) is 7.73. The van der Waals surface area contributed by atoms with E-state index in [4.69, 9.17) is 5.11 Å². The maximum Gasteiger partial charge on any atom is 0.335 e. The van der Waals surface area contributed by atoms with Crippen LogP contribution in [-0.2, 0) is 6.54 Å². The highest BCUT2D eigenvalue weighted by molar-refractivity contribution is 5.87. The van der Waals surface area contributed by atoms with Crippen LogP contribution in [0.15, 0.2) is 24.3 Å². The lowest BCUT2D eigenvalue weighted by Crippen LogP contribution is -2.52. The number of nitrogens with one attached hydrogen (secondary N) is 1. The molecule has 1 atom stereocenters. The quantitative estimate of drug-likeness (QED) is 0.869. The summed E-state index contributed by atoms with van der Waals surface area (Å²) in [5, 5.41) is 12.4. The standard InChI is InChI=1S/C15H22N2O2/c1-11(2)14-10-17(8-7-16-14)9-12-3-5-13(6-4-12)15(18)19/h3-6,11,14,16H,7-10H2,1-2H3,(H,18,19)/t14-/m0/s1. The number of piperazine rings is 1. The lowest BCUT2D eigenvalue weighted by Gasteiger charge is -2.35. The first-order valence-electron chi connectivity index (χ1n) is 6.84. The fourth-order valence-corrected chi connectivity index (χ4v) is 2.44. The number of hydrogen-bond donors (Lipinski definition) is 2. The van der Waals surface area contributed by atoms with Crippen molar-refractivity contribution in [3.05, 3.63) is 35.4 Å². The van der Waals surface area contributed by atoms with E-state index in [1.165, 1.54) is 5.56 Å². The monoisotopic (exact) mass is 262 g/mol. The molecular formula is C15H22N2O2. The molecule has 0 aromatic heterocycles. The molecule has 1 fully saturated rings. The van der Waals surface area contributed by atoms with Crippen LogP contribution >= 0.6 is 0 Å². The summed E-state index contributed by atoms with van der Waals surface area (Å²) in [5.41, 5.74) is 1.53. The number of benzene rings is 1. The zero-order chi connectivity index (χ0) is 13.8. The number of carbonyl (C=O) groups is 1. The van der Waals surface area contributed by atoms with Crippen molar-refractivity contribution in [1.82, 2.24) is 10.2 Å². The second kappa shape index (κ2) is 6.17. The van der Waals surface area contributed by atoms with Crippen molar-refractivity contribution in [3.8, 4) is 0 Å². The van der Waals surface area contributed by atoms with Crippen molar-refractivity contribution in [3.63, 3.8) is 0 Å². The third-order valence-electron chi connectivity index (χ3n) is 3.70. The molecule has 0 saturated carbocycles. The predicted molar refractivity (Wildman–Crippen MR) is 75.3 cm³/mol. The third-order valence-corrected chi connectivity index (χ3v) is 3.70. The molecule has 1 saturated heterocycles. The highest BCUT2D eigenvalue weighted by Crippen LogP contribution is 2.12. The highest BCUT2D eigenvalue weighted by atomic mass is 16.4. The van der Waals surface area contributed by atoms with Crippen LogP contribution in [0.2, 0.25) is 0 Å². The average Bonchev–Trinajstić information content (AvgIpc) is 2.39. The first-order valence-corrected chi connectivity index (χ1v) is 6.84. The molecule has 0 radical (unpaired) electrons. The summed E-state index contributed by atoms with van der Waals surface area (Å²) >= 11 is 0. The van der Waals surface area contributed by atoms with Gasteiger partial charge >= 0.3 is 5.97 Å². The minimum atomic E-state index is -0.867. The fourth-order valence-electron chi connectivity index (χ4n) is 2.44. The number of carboxylic acid groups (broad SMARTS) is 1. The smallest absolute Gasteiger partial charge is 0.335 e. The minimum Gasteiger partial charge on any atom is -0.478 e. The van der Waals surface area contributed by atoms with E-state index in [2.05, 4.69) is 24.1 Å². The molecule has 0 unspecified atom stereocenters. The maximum atomic E-state index is 10.8. The summed E-state index contributed by atoms with van der Waals surface area (Å²) < 4.78 is 0. The van der Waals surface area contributed by atoms with Gasteiger partial charge in [-0.3, -0.25) is 4.90 Å². The van der Waals surface area contributed by atoms with E-state index in [9.17, 15) is 4.79 Å². The van der Waals surface area contributed by atoms with Crippen LogP contribution < -0.4 is 5.32 Å². The molecule has 4 nitrogen and oxygen atoms in total. The van der Waals surface area contributed by atoms with Crippen LogP contribution in [0.3, 0.4) is 0 Å². The van der Waals surface area contributed by atoms with Gasteiger partial charge in [-0.05, 0) is 23.6 Å². The van der Waals surface area contributed by atoms with Gasteiger partial charge in [-0.25, -0.2) is 4.79 Å². The third kappa shape index (κ3) is 3.78. The second-order valence-electron chi connectivity index (χ2n) is 5.54. The highest BCUT2D eigenvalue weighted by Gasteiger charge is 2.21. The van der Waals surface area contributed by atoms with Crippen LogP contribution in [0.5, 0.6) is 0 Å². The fraction of sp³-hybridized carbons (Fsp3) is 0.533. The van der Waals surface area contributed by atoms with Crippen molar-refractivity contribution in [2.75, 3.05) is 19.6 Å². The zero-order valence-electron chi connectivity index (χ0n) is 11.6. The van der Waals surface area contributed by atoms with Crippen LogP contribution in [-0.4, -0.2) is 41.7 Å². The molecule has 2 rings (SSSR count). The van der Waals surface area contributed by atoms with Crippen molar-refractivity contribution in [1.29, 1.82) is 0 Å². The second-order valence-corrected chi connectivity index (χ2v) is 5.54. The maximum absolute atomic E-state index is 10.8. The zero-order valence-corrected chi connectivity index (χ0v) is 11.6. The van der Waals surface area contributed by atoms with Gasteiger partial charge in [0.25, 0.3) is 0 Å². The molecule has 104 valence electrons. The van der Waals surface area contributed by atoms with Crippen LogP contribution in [0.25, 0.3) is 0 Å². The molecule has 1 aromatic carbocycles. The number of rotatable bonds is 4. The molecule has 0 amide bonds. The van der Waals surface area contributed by atoms with Crippen molar-refractivity contribution in [2.45, 2.75) is 26.4 Å². The van der Waals surface area contributed by atoms with Gasteiger partial charge in [0.2, 0.25) is 0 Å². The first kappa shape index (κ1) is 14.0. The van der Waals surface area contributed by atoms with E-state index in [1.807, 2.05) is 12.1 Å². The molecule has 2 N–H and O–H groups in total. The van der Waals surface area contributed by atoms with Gasteiger partial charge in [-0.15, -0.1) is 0 Å². The van der Waals surface area contributed by atoms with Gasteiger partial charge in [0.05, 0.1) is 5.56 Å². The van der Waals surface area contributed by atoms with Crippen LogP contribution in [0.1, 0.15) is 29.8 Å². The average molecular weight is 262 g/mol. The van der Waals surface area contributed by atoms with Gasteiger partial charge in [0.15, 0.2) is 0 Å². The van der Waals surface area contributed by atoms with Crippen molar-refractivity contribution >= 4 is 5.97 Å². The molecule has 1 aliphatic rings. The Hall–Kier alpha value is -1.39. The van der Waals surface area contributed by atoms with Crippen molar-refractivity contribution < 1.29 is 9.90 Å². The Morgan fingerprint density at radius 3 is 2.68 bits per heavy atom. The summed E-state index contributed by atoms with van der Waals surface area (Å²) in [5.74, 6) is -0.231. The Morgan fingerprint density at radius 1 is 1.42 bits per heavy atom. The summed E-state index contributed by atoms with van der Waals surface area (Å²) in [6.07, 6.45) is 0. The van der Waals surface area contributed by atoms with E-state index in [-0.39, 0.29) is 0 Å². The lowest BCUT2D eigenvalue weighted by atomic mass is 10.0. The summed E-state index contributed by atoms with van der Waals surface area (Å²) in [7, 11) is 0. The van der Waals surface area contributed by atoms with E-state index < -0.39 is 5.97 Å². The molecule has 19 heavy (non-hydrogen) atoms. The number of aromatic carboxylic acids is 1. The van der Waals surface area contributed by atoms with E-state index in [0.717, 1.165) is 26.2 Å². The SMILES string of the molecule is CC(C)[C@@H]1CN(Cc2ccc(C(=O)O)cc2)CCN1. The first-order chi connectivity index (χ1) is 9.06.